The normalized spacial score (nSPS) is 13.8. The molecule has 2 N–H and O–H groups in total. The highest BCUT2D eigenvalue weighted by Crippen LogP contribution is 2.40. The van der Waals surface area contributed by atoms with E-state index >= 15 is 0 Å². The first-order valence-corrected chi connectivity index (χ1v) is 14.5. The van der Waals surface area contributed by atoms with Crippen LogP contribution in [0.1, 0.15) is 75.2 Å². The molecular formula is C18H45N3Si2. The monoisotopic (exact) mass is 359 g/mol. The van der Waals surface area contributed by atoms with Crippen LogP contribution >= 0.6 is 0 Å². The highest BCUT2D eigenvalue weighted by atomic mass is 28.4. The summed E-state index contributed by atoms with van der Waals surface area (Å²) in [7, 11) is -3.39. The first-order valence-electron chi connectivity index (χ1n) is 10.0. The van der Waals surface area contributed by atoms with Crippen molar-refractivity contribution in [1.29, 1.82) is 0 Å². The van der Waals surface area contributed by atoms with Crippen LogP contribution in [-0.2, 0) is 0 Å². The molecule has 0 aliphatic rings. The second kappa shape index (κ2) is 10.3. The van der Waals surface area contributed by atoms with Gasteiger partial charge in [-0.3, -0.25) is 0 Å². The predicted octanol–water partition coefficient (Wildman–Crippen LogP) is 5.05. The SMILES string of the molecule is CCCN[Si](NCCC)(N(CC)[Si](CC)(CC)CC)C(C)(C)C. The number of hydrogen-bond acceptors (Lipinski definition) is 3. The van der Waals surface area contributed by atoms with Crippen LogP contribution in [0, 0.1) is 0 Å². The minimum Gasteiger partial charge on any atom is -0.321 e. The van der Waals surface area contributed by atoms with E-state index in [1.54, 1.807) is 0 Å². The largest absolute Gasteiger partial charge is 0.321 e. The maximum atomic E-state index is 4.11. The number of hydrogen-bond donors (Lipinski definition) is 2. The van der Waals surface area contributed by atoms with Crippen LogP contribution < -0.4 is 9.96 Å². The zero-order valence-corrected chi connectivity index (χ0v) is 19.6. The van der Waals surface area contributed by atoms with Crippen molar-refractivity contribution in [3.8, 4) is 0 Å². The summed E-state index contributed by atoms with van der Waals surface area (Å²) >= 11 is 0. The second-order valence-electron chi connectivity index (χ2n) is 7.84. The van der Waals surface area contributed by atoms with Crippen molar-refractivity contribution in [3.63, 3.8) is 0 Å². The molecule has 0 aliphatic heterocycles. The summed E-state index contributed by atoms with van der Waals surface area (Å²) in [6, 6.07) is 4.08. The lowest BCUT2D eigenvalue weighted by Crippen LogP contribution is -2.82. The minimum absolute atomic E-state index is 0.269. The Labute approximate surface area is 149 Å². The topological polar surface area (TPSA) is 27.3 Å². The van der Waals surface area contributed by atoms with Gasteiger partial charge in [-0.15, -0.1) is 0 Å². The van der Waals surface area contributed by atoms with E-state index in [1.807, 2.05) is 0 Å². The van der Waals surface area contributed by atoms with Gasteiger partial charge in [0.1, 0.15) is 8.24 Å². The zero-order valence-electron chi connectivity index (χ0n) is 17.6. The molecule has 5 heteroatoms. The summed E-state index contributed by atoms with van der Waals surface area (Å²) in [5, 5.41) is 0.269. The third-order valence-electron chi connectivity index (χ3n) is 5.62. The summed E-state index contributed by atoms with van der Waals surface area (Å²) in [5.74, 6) is 0. The van der Waals surface area contributed by atoms with Gasteiger partial charge in [0.25, 0.3) is 8.56 Å². The van der Waals surface area contributed by atoms with E-state index in [0.29, 0.717) is 0 Å². The summed E-state index contributed by atoms with van der Waals surface area (Å²) in [5.41, 5.74) is 0. The third-order valence-corrected chi connectivity index (χ3v) is 18.3. The standard InChI is InChI=1S/C18H45N3Si2/c1-10-16-19-23(18(7,8)9,20-17-11-2)21(12-3)22(13-4,14-5)15-6/h19-20H,10-17H2,1-9H3. The van der Waals surface area contributed by atoms with Crippen LogP contribution in [0.3, 0.4) is 0 Å². The van der Waals surface area contributed by atoms with E-state index < -0.39 is 16.8 Å². The molecule has 0 bridgehead atoms. The van der Waals surface area contributed by atoms with Crippen molar-refractivity contribution >= 4 is 16.8 Å². The fourth-order valence-corrected chi connectivity index (χ4v) is 17.2. The molecule has 23 heavy (non-hydrogen) atoms. The van der Waals surface area contributed by atoms with Crippen LogP contribution in [0.15, 0.2) is 0 Å². The Kier molecular flexibility index (Phi) is 10.5. The molecule has 0 aromatic carbocycles. The van der Waals surface area contributed by atoms with Gasteiger partial charge in [-0.1, -0.05) is 62.3 Å². The summed E-state index contributed by atoms with van der Waals surface area (Å²) < 4.78 is 3.02. The molecular weight excluding hydrogens is 314 g/mol. The lowest BCUT2D eigenvalue weighted by molar-refractivity contribution is 0.488. The van der Waals surface area contributed by atoms with Gasteiger partial charge in [0.05, 0.1) is 0 Å². The number of nitrogens with one attached hydrogen (secondary N) is 2. The smallest absolute Gasteiger partial charge is 0.282 e. The Morgan fingerprint density at radius 1 is 0.739 bits per heavy atom. The lowest BCUT2D eigenvalue weighted by Gasteiger charge is -2.57. The lowest BCUT2D eigenvalue weighted by atomic mass is 10.2. The maximum Gasteiger partial charge on any atom is 0.282 e. The molecule has 0 spiro atoms. The van der Waals surface area contributed by atoms with Gasteiger partial charge in [0.2, 0.25) is 0 Å². The molecule has 0 atom stereocenters. The zero-order chi connectivity index (χ0) is 18.1. The summed E-state index contributed by atoms with van der Waals surface area (Å²) in [4.78, 5) is 8.21. The van der Waals surface area contributed by atoms with Crippen molar-refractivity contribution in [2.45, 2.75) is 98.3 Å². The molecule has 0 saturated carbocycles. The Morgan fingerprint density at radius 2 is 1.13 bits per heavy atom. The van der Waals surface area contributed by atoms with Gasteiger partial charge in [0.15, 0.2) is 0 Å². The van der Waals surface area contributed by atoms with Crippen LogP contribution in [-0.4, -0.2) is 40.7 Å². The quantitative estimate of drug-likeness (QED) is 0.477. The van der Waals surface area contributed by atoms with Crippen LogP contribution in [0.25, 0.3) is 0 Å². The van der Waals surface area contributed by atoms with Gasteiger partial charge in [-0.25, -0.2) is 0 Å². The molecule has 0 fully saturated rings. The minimum atomic E-state index is -1.97. The molecule has 0 aliphatic carbocycles. The summed E-state index contributed by atoms with van der Waals surface area (Å²) in [6.45, 7) is 25.0. The van der Waals surface area contributed by atoms with E-state index in [0.717, 1.165) is 13.1 Å². The molecule has 0 heterocycles. The third kappa shape index (κ3) is 5.14. The average molecular weight is 360 g/mol. The van der Waals surface area contributed by atoms with Crippen LogP contribution in [0.4, 0.5) is 0 Å². The van der Waals surface area contributed by atoms with Gasteiger partial charge in [-0.05, 0) is 55.6 Å². The summed E-state index contributed by atoms with van der Waals surface area (Å²) in [6.07, 6.45) is 2.41. The Morgan fingerprint density at radius 3 is 1.35 bits per heavy atom. The fraction of sp³-hybridized carbons (Fsp3) is 1.00. The van der Waals surface area contributed by atoms with Crippen molar-refractivity contribution in [1.82, 2.24) is 14.2 Å². The molecule has 0 aromatic rings. The van der Waals surface area contributed by atoms with Crippen molar-refractivity contribution < 1.29 is 0 Å². The van der Waals surface area contributed by atoms with Crippen molar-refractivity contribution in [2.75, 3.05) is 19.6 Å². The Bertz CT molecular complexity index is 296. The number of nitrogens with zero attached hydrogens (tertiary/aromatic N) is 1. The first kappa shape index (κ1) is 23.3. The molecule has 0 saturated heterocycles. The molecule has 0 rings (SSSR count). The van der Waals surface area contributed by atoms with E-state index in [-0.39, 0.29) is 5.04 Å². The molecule has 0 aromatic heterocycles. The highest BCUT2D eigenvalue weighted by Gasteiger charge is 2.55. The van der Waals surface area contributed by atoms with Crippen molar-refractivity contribution in [3.05, 3.63) is 0 Å². The average Bonchev–Trinajstić information content (AvgIpc) is 2.53. The highest BCUT2D eigenvalue weighted by molar-refractivity contribution is 6.92. The Balaban J connectivity index is 6.09. The molecule has 0 radical (unpaired) electrons. The second-order valence-corrected chi connectivity index (χ2v) is 17.6. The van der Waals surface area contributed by atoms with E-state index in [2.05, 4.69) is 76.5 Å². The molecule has 0 amide bonds. The Hall–Kier alpha value is 0.314. The van der Waals surface area contributed by atoms with Crippen LogP contribution in [0.2, 0.25) is 23.2 Å². The fourth-order valence-electron chi connectivity index (χ4n) is 4.05. The molecule has 0 unspecified atom stereocenters. The predicted molar refractivity (Wildman–Crippen MR) is 112 cm³/mol. The van der Waals surface area contributed by atoms with E-state index in [4.69, 9.17) is 0 Å². The van der Waals surface area contributed by atoms with E-state index in [1.165, 1.54) is 37.5 Å². The molecule has 3 nitrogen and oxygen atoms in total. The number of rotatable bonds is 12. The van der Waals surface area contributed by atoms with Gasteiger partial charge < -0.3 is 14.2 Å². The molecule has 140 valence electrons. The first-order chi connectivity index (χ1) is 10.7. The van der Waals surface area contributed by atoms with E-state index in [9.17, 15) is 0 Å². The maximum absolute atomic E-state index is 4.11. The van der Waals surface area contributed by atoms with Crippen molar-refractivity contribution in [2.24, 2.45) is 0 Å². The van der Waals surface area contributed by atoms with Crippen LogP contribution in [0.5, 0.6) is 0 Å². The van der Waals surface area contributed by atoms with Gasteiger partial charge in [0, 0.05) is 0 Å². The van der Waals surface area contributed by atoms with Gasteiger partial charge >= 0.3 is 0 Å². The van der Waals surface area contributed by atoms with Gasteiger partial charge in [-0.2, -0.15) is 0 Å².